The Morgan fingerprint density at radius 3 is 1.32 bits per heavy atom. The van der Waals surface area contributed by atoms with Gasteiger partial charge in [-0.3, -0.25) is 35.2 Å². The molecule has 23 nitrogen and oxygen atoms in total. The number of nitrogen functional groups attached to an aromatic ring is 1. The minimum atomic E-state index is -0.523. The number of halogens is 1. The molecule has 4 aliphatic heterocycles. The van der Waals surface area contributed by atoms with Crippen molar-refractivity contribution in [3.8, 4) is 23.0 Å². The number of nitrogens with two attached hydrogens (primary N) is 1. The van der Waals surface area contributed by atoms with Crippen LogP contribution in [0.2, 0.25) is 0 Å². The van der Waals surface area contributed by atoms with Crippen molar-refractivity contribution in [3.63, 3.8) is 0 Å². The van der Waals surface area contributed by atoms with E-state index in [1.165, 1.54) is 48.0 Å². The number of nitrogens with zero attached hydrogens (tertiary/aromatic N) is 6. The minimum absolute atomic E-state index is 0. The highest BCUT2D eigenvalue weighted by atomic mass is 79.9. The SMILES string of the molecule is C.COCCBr.COCCN1CC=C(c2cc(OC3CC3)c([N+](=O)[O-])cc2C)CC1.COCCN1CCC(c2cc(OC3CC3)c(N)cc2C)CC1.Cc1cc([N+](=O)[O-])c(OC2CC2)cc1C1=CCN(C(=O)OC(C)(C)C)CC1.Cc1cc([N+](=O)[O-])c(OC2CC2)cc1C1=CCNCC1. The number of alkyl halides is 1. The first-order chi connectivity index (χ1) is 46.9. The van der Waals surface area contributed by atoms with Gasteiger partial charge in [-0.2, -0.15) is 0 Å². The Kier molecular flexibility index (Phi) is 30.4. The lowest BCUT2D eigenvalue weighted by Crippen LogP contribution is -2.39. The van der Waals surface area contributed by atoms with Gasteiger partial charge in [-0.1, -0.05) is 41.6 Å². The molecule has 4 aromatic rings. The molecule has 8 aliphatic rings. The minimum Gasteiger partial charge on any atom is -0.488 e. The molecule has 4 aliphatic carbocycles. The molecule has 0 aromatic heterocycles. The third-order valence-electron chi connectivity index (χ3n) is 18.0. The van der Waals surface area contributed by atoms with Crippen molar-refractivity contribution in [1.82, 2.24) is 20.0 Å². The number of amides is 1. The number of carbonyl (C=O) groups excluding carboxylic acids is 1. The largest absolute Gasteiger partial charge is 0.488 e. The fourth-order valence-corrected chi connectivity index (χ4v) is 12.2. The first-order valence-corrected chi connectivity index (χ1v) is 35.8. The molecule has 0 bridgehead atoms. The van der Waals surface area contributed by atoms with Crippen LogP contribution in [0.1, 0.15) is 162 Å². The topological polar surface area (TPSA) is 268 Å². The van der Waals surface area contributed by atoms with Crippen molar-refractivity contribution < 1.29 is 57.5 Å². The Hall–Kier alpha value is -7.19. The van der Waals surface area contributed by atoms with E-state index in [-0.39, 0.29) is 58.7 Å². The molecule has 0 atom stereocenters. The summed E-state index contributed by atoms with van der Waals surface area (Å²) in [6.45, 7) is 24.7. The molecule has 24 heteroatoms. The van der Waals surface area contributed by atoms with Crippen LogP contribution in [0.4, 0.5) is 27.5 Å². The highest BCUT2D eigenvalue weighted by molar-refractivity contribution is 9.09. The van der Waals surface area contributed by atoms with E-state index in [4.69, 9.17) is 38.9 Å². The van der Waals surface area contributed by atoms with E-state index in [0.717, 1.165) is 179 Å². The van der Waals surface area contributed by atoms with Gasteiger partial charge in [-0.15, -0.1) is 0 Å². The number of nitrogens with one attached hydrogen (secondary N) is 1. The molecule has 12 rings (SSSR count). The fourth-order valence-electron chi connectivity index (χ4n) is 11.9. The number of hydrogen-bond donors (Lipinski definition) is 2. The standard InChI is InChI=1S/C20H26N2O5.C18H24N2O4.C18H28N2O2.C15H18N2O3.C3H7BrO.CH4/c1-13-11-17(22(24)25)18(26-15-5-6-15)12-16(13)14-7-9-21(10-8-14)19(23)27-20(2,3)4;1-13-11-17(20(21)22)18(24-15-3-4-15)12-16(13)14-5-7-19(8-6-14)9-10-23-2;1-13-11-17(19)18(22-15-3-4-15)12-16(13)14-5-7-20(8-6-14)9-10-21-2;1-10-8-14(17(18)19)15(20-12-2-3-12)9-13(10)11-4-6-16-7-5-11;1-5-3-2-4;/h7,11-12,15H,5-6,8-10H2,1-4H3;5,11-12,15H,3-4,6-10H2,1-2H3;11-12,14-15H,3-10,19H2,1-2H3;4,8-9,12,16H,2-3,5-7H2,1H3;2-3H2,1H3;1H4. The molecule has 4 aromatic carbocycles. The van der Waals surface area contributed by atoms with Gasteiger partial charge in [0.2, 0.25) is 0 Å². The van der Waals surface area contributed by atoms with Crippen LogP contribution >= 0.6 is 15.9 Å². The smallest absolute Gasteiger partial charge is 0.410 e. The summed E-state index contributed by atoms with van der Waals surface area (Å²) in [4.78, 5) is 51.4. The quantitative estimate of drug-likeness (QED) is 0.0302. The highest BCUT2D eigenvalue weighted by Crippen LogP contribution is 2.43. The maximum absolute atomic E-state index is 12.2. The maximum Gasteiger partial charge on any atom is 0.410 e. The van der Waals surface area contributed by atoms with Crippen molar-refractivity contribution in [3.05, 3.63) is 142 Å². The summed E-state index contributed by atoms with van der Waals surface area (Å²) in [6.07, 6.45) is 19.9. The zero-order valence-electron chi connectivity index (χ0n) is 59.1. The number of aryl methyl sites for hydroxylation is 4. The second-order valence-electron chi connectivity index (χ2n) is 27.3. The molecule has 4 heterocycles. The van der Waals surface area contributed by atoms with Crippen molar-refractivity contribution >= 4 is 61.5 Å². The number of carbonyl (C=O) groups is 1. The maximum atomic E-state index is 12.2. The Labute approximate surface area is 593 Å². The van der Waals surface area contributed by atoms with Crippen LogP contribution in [0.25, 0.3) is 16.7 Å². The third-order valence-corrected chi connectivity index (χ3v) is 18.3. The van der Waals surface area contributed by atoms with Gasteiger partial charge in [0.25, 0.3) is 0 Å². The number of ether oxygens (including phenoxy) is 8. The van der Waals surface area contributed by atoms with Gasteiger partial charge in [-0.05, 0) is 249 Å². The monoisotopic (exact) mass is 1440 g/mol. The highest BCUT2D eigenvalue weighted by Gasteiger charge is 2.33. The lowest BCUT2D eigenvalue weighted by Gasteiger charge is -2.32. The van der Waals surface area contributed by atoms with Gasteiger partial charge in [0.1, 0.15) is 11.4 Å². The van der Waals surface area contributed by atoms with Gasteiger partial charge in [0.05, 0.1) is 64.7 Å². The number of nitro benzene ring substituents is 3. The van der Waals surface area contributed by atoms with Crippen LogP contribution in [-0.4, -0.2) is 178 Å². The van der Waals surface area contributed by atoms with Crippen molar-refractivity contribution in [1.29, 1.82) is 0 Å². The number of methoxy groups -OCH3 is 3. The van der Waals surface area contributed by atoms with E-state index < -0.39 is 10.5 Å². The molecular formula is C75H107BrN8O15. The number of benzene rings is 4. The number of likely N-dealkylation sites (tertiary alicyclic amines) is 1. The Morgan fingerprint density at radius 1 is 0.545 bits per heavy atom. The molecule has 5 fully saturated rings. The van der Waals surface area contributed by atoms with E-state index in [9.17, 15) is 35.1 Å². The van der Waals surface area contributed by atoms with Crippen LogP contribution < -0.4 is 30.0 Å². The summed E-state index contributed by atoms with van der Waals surface area (Å²) in [5.74, 6) is 2.67. The van der Waals surface area contributed by atoms with Crippen LogP contribution in [0, 0.1) is 58.0 Å². The Bertz CT molecular complexity index is 3470. The average Bonchev–Trinajstić information content (AvgIpc) is 1.57. The molecule has 99 heavy (non-hydrogen) atoms. The first-order valence-electron chi connectivity index (χ1n) is 34.6. The van der Waals surface area contributed by atoms with Gasteiger partial charge in [-0.25, -0.2) is 4.79 Å². The second kappa shape index (κ2) is 38.0. The van der Waals surface area contributed by atoms with Crippen LogP contribution in [0.5, 0.6) is 23.0 Å². The lowest BCUT2D eigenvalue weighted by molar-refractivity contribution is -0.386. The van der Waals surface area contributed by atoms with Crippen molar-refractivity contribution in [2.45, 2.75) is 175 Å². The summed E-state index contributed by atoms with van der Waals surface area (Å²) in [6, 6.07) is 14.6. The van der Waals surface area contributed by atoms with Gasteiger partial charge < -0.3 is 58.7 Å². The van der Waals surface area contributed by atoms with Gasteiger partial charge in [0.15, 0.2) is 17.2 Å². The molecule has 3 N–H and O–H groups in total. The van der Waals surface area contributed by atoms with Crippen molar-refractivity contribution in [2.24, 2.45) is 0 Å². The number of rotatable bonds is 23. The number of piperidine rings is 1. The third kappa shape index (κ3) is 24.8. The van der Waals surface area contributed by atoms with E-state index in [1.54, 1.807) is 50.5 Å². The van der Waals surface area contributed by atoms with E-state index in [1.807, 2.05) is 59.8 Å². The Balaban J connectivity index is 0.000000181. The molecule has 0 spiro atoms. The van der Waals surface area contributed by atoms with Gasteiger partial charge in [0, 0.05) is 90.7 Å². The number of nitro groups is 3. The van der Waals surface area contributed by atoms with Crippen LogP contribution in [-0.2, 0) is 18.9 Å². The molecule has 0 unspecified atom stereocenters. The molecule has 4 saturated carbocycles. The summed E-state index contributed by atoms with van der Waals surface area (Å²) in [5, 5.41) is 38.0. The van der Waals surface area contributed by atoms with E-state index >= 15 is 0 Å². The van der Waals surface area contributed by atoms with E-state index in [2.05, 4.69) is 67.0 Å². The van der Waals surface area contributed by atoms with Crippen LogP contribution in [0.15, 0.2) is 66.8 Å². The number of hydrogen-bond acceptors (Lipinski definition) is 19. The summed E-state index contributed by atoms with van der Waals surface area (Å²) in [5.41, 5.74) is 18.6. The molecular weight excluding hydrogens is 1330 g/mol. The molecule has 1 saturated heterocycles. The lowest BCUT2D eigenvalue weighted by atomic mass is 9.86. The predicted molar refractivity (Wildman–Crippen MR) is 393 cm³/mol. The molecule has 544 valence electrons. The first kappa shape index (κ1) is 79.1. The zero-order chi connectivity index (χ0) is 70.6. The second-order valence-corrected chi connectivity index (χ2v) is 28.1. The number of anilines is 1. The predicted octanol–water partition coefficient (Wildman–Crippen LogP) is 15.1. The normalized spacial score (nSPS) is 17.8. The van der Waals surface area contributed by atoms with Crippen LogP contribution in [0.3, 0.4) is 0 Å². The fraction of sp³-hybridized carbons (Fsp3) is 0.587. The van der Waals surface area contributed by atoms with E-state index in [0.29, 0.717) is 48.8 Å². The van der Waals surface area contributed by atoms with Crippen molar-refractivity contribution in [2.75, 3.05) is 118 Å². The zero-order valence-corrected chi connectivity index (χ0v) is 60.7. The van der Waals surface area contributed by atoms with Gasteiger partial charge >= 0.3 is 23.2 Å². The molecule has 1 amide bonds. The Morgan fingerprint density at radius 2 is 0.970 bits per heavy atom. The molecule has 0 radical (unpaired) electrons. The summed E-state index contributed by atoms with van der Waals surface area (Å²) < 4.78 is 43.6. The average molecular weight is 1440 g/mol. The summed E-state index contributed by atoms with van der Waals surface area (Å²) >= 11 is 3.18. The summed E-state index contributed by atoms with van der Waals surface area (Å²) in [7, 11) is 5.17.